The Labute approximate surface area is 359 Å². The summed E-state index contributed by atoms with van der Waals surface area (Å²) in [6.45, 7) is 0. The van der Waals surface area contributed by atoms with E-state index < -0.39 is 142 Å². The first-order chi connectivity index (χ1) is 29.9. The fourth-order valence-corrected chi connectivity index (χ4v) is 11.3. The quantitative estimate of drug-likeness (QED) is 0.198. The zero-order valence-electron chi connectivity index (χ0n) is 33.5. The van der Waals surface area contributed by atoms with Crippen LogP contribution in [-0.2, 0) is 37.1 Å². The molecule has 8 bridgehead atoms. The van der Waals surface area contributed by atoms with Crippen LogP contribution >= 0.6 is 0 Å². The topological polar surface area (TPSA) is 48.1 Å². The van der Waals surface area contributed by atoms with Gasteiger partial charge in [-0.2, -0.15) is 79.0 Å². The van der Waals surface area contributed by atoms with Crippen molar-refractivity contribution in [1.29, 1.82) is 0 Å². The Morgan fingerprint density at radius 2 is 0.400 bits per heavy atom. The number of halogens is 18. The lowest BCUT2D eigenvalue weighted by molar-refractivity contribution is -0.144. The summed E-state index contributed by atoms with van der Waals surface area (Å²) in [6.07, 6.45) is -30.8. The number of fused-ring (bicyclic) bond motifs is 9. The molecule has 5 aliphatic heterocycles. The normalized spacial score (nSPS) is 31.6. The maximum Gasteiger partial charge on any atom is 0.416 e. The average Bonchev–Trinajstić information content (AvgIpc) is 4.02. The minimum absolute atomic E-state index is 0.00958. The van der Waals surface area contributed by atoms with Crippen molar-refractivity contribution in [2.24, 2.45) is 0 Å². The van der Waals surface area contributed by atoms with Crippen molar-refractivity contribution in [2.75, 3.05) is 0 Å². The van der Waals surface area contributed by atoms with E-state index in [1.54, 1.807) is 0 Å². The van der Waals surface area contributed by atoms with Gasteiger partial charge < -0.3 is 21.3 Å². The van der Waals surface area contributed by atoms with Gasteiger partial charge in [-0.1, -0.05) is 0 Å². The summed E-state index contributed by atoms with van der Waals surface area (Å²) in [5.74, 6) is -3.70. The summed E-state index contributed by atoms with van der Waals surface area (Å²) >= 11 is 0. The third-order valence-electron chi connectivity index (χ3n) is 13.9. The van der Waals surface area contributed by atoms with Gasteiger partial charge in [-0.15, -0.1) is 0 Å². The number of benzene rings is 3. The minimum Gasteiger partial charge on any atom is -0.310 e. The van der Waals surface area contributed by atoms with E-state index in [9.17, 15) is 79.0 Å². The lowest BCUT2D eigenvalue weighted by Gasteiger charge is -2.36. The zero-order chi connectivity index (χ0) is 47.4. The molecule has 3 aromatic rings. The summed E-state index contributed by atoms with van der Waals surface area (Å²) in [6, 6.07) is -3.62. The molecule has 5 saturated heterocycles. The van der Waals surface area contributed by atoms with E-state index in [2.05, 4.69) is 21.3 Å². The van der Waals surface area contributed by atoms with Crippen LogP contribution in [0.2, 0.25) is 0 Å². The smallest absolute Gasteiger partial charge is 0.310 e. The molecule has 10 unspecified atom stereocenters. The van der Waals surface area contributed by atoms with Crippen molar-refractivity contribution in [1.82, 2.24) is 21.3 Å². The van der Waals surface area contributed by atoms with Crippen LogP contribution in [0.3, 0.4) is 0 Å². The maximum atomic E-state index is 14.3. The van der Waals surface area contributed by atoms with E-state index in [-0.39, 0.29) is 80.7 Å². The van der Waals surface area contributed by atoms with Gasteiger partial charge in [0.1, 0.15) is 0 Å². The Morgan fingerprint density at radius 1 is 0.246 bits per heavy atom. The van der Waals surface area contributed by atoms with Crippen molar-refractivity contribution >= 4 is 0 Å². The van der Waals surface area contributed by atoms with Gasteiger partial charge in [-0.3, -0.25) is 0 Å². The number of hydrogen-bond acceptors (Lipinski definition) is 4. The van der Waals surface area contributed by atoms with Crippen LogP contribution in [0.5, 0.6) is 0 Å². The second-order valence-corrected chi connectivity index (χ2v) is 17.9. The Morgan fingerprint density at radius 3 is 0.569 bits per heavy atom. The highest BCUT2D eigenvalue weighted by Crippen LogP contribution is 2.49. The fraction of sp³-hybridized carbons (Fsp3) is 0.581. The molecule has 0 aliphatic carbocycles. The largest absolute Gasteiger partial charge is 0.416 e. The van der Waals surface area contributed by atoms with Crippen LogP contribution in [-0.4, -0.2) is 48.3 Å². The van der Waals surface area contributed by atoms with Gasteiger partial charge in [-0.05, 0) is 123 Å². The molecule has 65 heavy (non-hydrogen) atoms. The Balaban J connectivity index is 1.30. The molecule has 4 nitrogen and oxygen atoms in total. The summed E-state index contributed by atoms with van der Waals surface area (Å²) in [5.41, 5.74) is -11.0. The van der Waals surface area contributed by atoms with Gasteiger partial charge in [0.2, 0.25) is 0 Å². The number of nitrogens with one attached hydrogen (secondary N) is 4. The molecule has 5 fully saturated rings. The van der Waals surface area contributed by atoms with Crippen molar-refractivity contribution in [3.05, 3.63) is 105 Å². The lowest BCUT2D eigenvalue weighted by atomic mass is 9.81. The molecule has 0 radical (unpaired) electrons. The highest BCUT2D eigenvalue weighted by Gasteiger charge is 2.51. The molecule has 3 aromatic carbocycles. The van der Waals surface area contributed by atoms with E-state index >= 15 is 0 Å². The molecule has 0 spiro atoms. The third-order valence-corrected chi connectivity index (χ3v) is 13.9. The molecule has 10 atom stereocenters. The van der Waals surface area contributed by atoms with Crippen molar-refractivity contribution in [3.8, 4) is 0 Å². The first-order valence-electron chi connectivity index (χ1n) is 20.9. The van der Waals surface area contributed by atoms with Gasteiger partial charge in [0, 0.05) is 66.1 Å². The van der Waals surface area contributed by atoms with Crippen LogP contribution in [0.1, 0.15) is 119 Å². The van der Waals surface area contributed by atoms with E-state index in [1.165, 1.54) is 0 Å². The Kier molecular flexibility index (Phi) is 12.1. The van der Waals surface area contributed by atoms with Gasteiger partial charge >= 0.3 is 37.1 Å². The van der Waals surface area contributed by atoms with Crippen LogP contribution in [0.4, 0.5) is 79.0 Å². The van der Waals surface area contributed by atoms with Gasteiger partial charge in [0.05, 0.1) is 33.4 Å². The molecule has 0 amide bonds. The molecule has 0 aromatic heterocycles. The average molecular weight is 955 g/mol. The van der Waals surface area contributed by atoms with Gasteiger partial charge in [0.15, 0.2) is 0 Å². The highest BCUT2D eigenvalue weighted by atomic mass is 19.4. The highest BCUT2D eigenvalue weighted by molar-refractivity contribution is 5.41. The maximum absolute atomic E-state index is 14.3. The SMILES string of the molecule is FC(F)(F)c1cc(C2C3CCC(N3)C3CCC(N3)C(c3cc(C(F)(F)F)cc(C(F)(F)F)c3)C3CCC(N3)C(c3cc(C(F)(F)F)cc(C(F)(F)F)c3)C3CCC2N3)cc(C(F)(F)F)c1. The third kappa shape index (κ3) is 9.82. The monoisotopic (exact) mass is 954 g/mol. The Hall–Kier alpha value is -3.76. The molecule has 4 N–H and O–H groups in total. The first kappa shape index (κ1) is 47.7. The fourth-order valence-electron chi connectivity index (χ4n) is 11.3. The number of rotatable bonds is 3. The van der Waals surface area contributed by atoms with E-state index in [1.807, 2.05) is 0 Å². The number of hydrogen-bond donors (Lipinski definition) is 4. The second-order valence-electron chi connectivity index (χ2n) is 17.9. The lowest BCUT2D eigenvalue weighted by Crippen LogP contribution is -2.50. The van der Waals surface area contributed by atoms with Crippen LogP contribution in [0.25, 0.3) is 0 Å². The summed E-state index contributed by atoms with van der Waals surface area (Å²) < 4.78 is 257. The molecular formula is C43H40F18N4. The standard InChI is InChI=1S/C43H40F18N4/c44-38(45,46)21-9-18(10-22(15-21)39(47,48)49)35-29-3-1-27(62-29)28-2-4-30(63-28)36(19-11-23(40(50,51)52)16-24(12-19)41(53,54)55)32-6-8-34(65-32)37(33-7-5-31(35)64-33)20-13-25(42(56,57)58)17-26(14-20)43(59,60)61/h9-17,27-37,62-65H,1-8H2. The first-order valence-corrected chi connectivity index (χ1v) is 20.9. The second kappa shape index (κ2) is 16.5. The summed E-state index contributed by atoms with van der Waals surface area (Å²) in [5, 5.41) is 13.1. The molecule has 5 heterocycles. The van der Waals surface area contributed by atoms with Gasteiger partial charge in [0.25, 0.3) is 0 Å². The predicted octanol–water partition coefficient (Wildman–Crippen LogP) is 11.9. The van der Waals surface area contributed by atoms with Crippen LogP contribution < -0.4 is 21.3 Å². The molecule has 8 rings (SSSR count). The number of alkyl halides is 18. The van der Waals surface area contributed by atoms with E-state index in [0.29, 0.717) is 36.4 Å². The molecular weight excluding hydrogens is 914 g/mol. The summed E-state index contributed by atoms with van der Waals surface area (Å²) in [7, 11) is 0. The van der Waals surface area contributed by atoms with Crippen molar-refractivity contribution in [2.45, 2.75) is 155 Å². The molecule has 358 valence electrons. The van der Waals surface area contributed by atoms with Crippen LogP contribution in [0.15, 0.2) is 54.6 Å². The molecule has 0 saturated carbocycles. The Bertz CT molecular complexity index is 2010. The van der Waals surface area contributed by atoms with Crippen LogP contribution in [0, 0.1) is 0 Å². The summed E-state index contributed by atoms with van der Waals surface area (Å²) in [4.78, 5) is 0. The van der Waals surface area contributed by atoms with Gasteiger partial charge in [-0.25, -0.2) is 0 Å². The van der Waals surface area contributed by atoms with Crippen molar-refractivity contribution < 1.29 is 79.0 Å². The zero-order valence-corrected chi connectivity index (χ0v) is 33.5. The van der Waals surface area contributed by atoms with Crippen molar-refractivity contribution in [3.63, 3.8) is 0 Å². The van der Waals surface area contributed by atoms with E-state index in [4.69, 9.17) is 0 Å². The predicted molar refractivity (Wildman–Crippen MR) is 197 cm³/mol. The minimum atomic E-state index is -5.31. The molecule has 5 aliphatic rings. The van der Waals surface area contributed by atoms with E-state index in [0.717, 1.165) is 0 Å². The molecule has 22 heteroatoms.